The SMILES string of the molecule is CCN(C)c1cc(C(=O)OC(C)(C)C)cc(Br)n1. The molecule has 5 heteroatoms. The summed E-state index contributed by atoms with van der Waals surface area (Å²) in [5.41, 5.74) is 0.00557. The highest BCUT2D eigenvalue weighted by Crippen LogP contribution is 2.20. The van der Waals surface area contributed by atoms with Gasteiger partial charge in [0.25, 0.3) is 0 Å². The number of esters is 1. The molecule has 0 spiro atoms. The van der Waals surface area contributed by atoms with Crippen LogP contribution in [0.25, 0.3) is 0 Å². The Labute approximate surface area is 116 Å². The molecule has 1 aromatic rings. The summed E-state index contributed by atoms with van der Waals surface area (Å²) in [7, 11) is 1.92. The van der Waals surface area contributed by atoms with Crippen LogP contribution in [-0.2, 0) is 4.74 Å². The van der Waals surface area contributed by atoms with Crippen LogP contribution in [0, 0.1) is 0 Å². The number of rotatable bonds is 3. The van der Waals surface area contributed by atoms with Gasteiger partial charge in [0.1, 0.15) is 16.0 Å². The zero-order valence-electron chi connectivity index (χ0n) is 11.5. The molecule has 1 rings (SSSR count). The van der Waals surface area contributed by atoms with Gasteiger partial charge < -0.3 is 9.64 Å². The zero-order chi connectivity index (χ0) is 13.9. The first-order chi connectivity index (χ1) is 8.23. The third-order valence-corrected chi connectivity index (χ3v) is 2.69. The minimum atomic E-state index is -0.496. The van der Waals surface area contributed by atoms with Crippen molar-refractivity contribution in [2.24, 2.45) is 0 Å². The first-order valence-corrected chi connectivity index (χ1v) is 6.64. The third-order valence-electron chi connectivity index (χ3n) is 2.28. The molecule has 0 atom stereocenters. The number of anilines is 1. The van der Waals surface area contributed by atoms with Crippen LogP contribution < -0.4 is 4.90 Å². The van der Waals surface area contributed by atoms with Crippen molar-refractivity contribution in [1.29, 1.82) is 0 Å². The van der Waals surface area contributed by atoms with Gasteiger partial charge in [-0.05, 0) is 55.8 Å². The van der Waals surface area contributed by atoms with Crippen molar-refractivity contribution >= 4 is 27.7 Å². The summed E-state index contributed by atoms with van der Waals surface area (Å²) in [6.07, 6.45) is 0. The lowest BCUT2D eigenvalue weighted by Gasteiger charge is -2.21. The first kappa shape index (κ1) is 15.0. The molecule has 0 radical (unpaired) electrons. The Morgan fingerprint density at radius 1 is 1.44 bits per heavy atom. The lowest BCUT2D eigenvalue weighted by Crippen LogP contribution is -2.24. The molecule has 0 unspecified atom stereocenters. The molecule has 0 amide bonds. The molecule has 0 aliphatic heterocycles. The molecular weight excluding hydrogens is 296 g/mol. The Bertz CT molecular complexity index is 441. The van der Waals surface area contributed by atoms with Gasteiger partial charge in [0, 0.05) is 13.6 Å². The van der Waals surface area contributed by atoms with Gasteiger partial charge in [-0.2, -0.15) is 0 Å². The van der Waals surface area contributed by atoms with E-state index in [4.69, 9.17) is 4.74 Å². The fraction of sp³-hybridized carbons (Fsp3) is 0.538. The minimum absolute atomic E-state index is 0.337. The molecule has 1 heterocycles. The number of hydrogen-bond acceptors (Lipinski definition) is 4. The smallest absolute Gasteiger partial charge is 0.338 e. The average Bonchev–Trinajstić information content (AvgIpc) is 2.24. The Morgan fingerprint density at radius 3 is 2.56 bits per heavy atom. The lowest BCUT2D eigenvalue weighted by atomic mass is 10.2. The highest BCUT2D eigenvalue weighted by atomic mass is 79.9. The van der Waals surface area contributed by atoms with Crippen molar-refractivity contribution < 1.29 is 9.53 Å². The van der Waals surface area contributed by atoms with E-state index in [2.05, 4.69) is 20.9 Å². The normalized spacial score (nSPS) is 11.2. The second-order valence-corrected chi connectivity index (χ2v) is 5.87. The number of carbonyl (C=O) groups excluding carboxylic acids is 1. The molecule has 0 fully saturated rings. The number of pyridine rings is 1. The van der Waals surface area contributed by atoms with Crippen LogP contribution in [0.15, 0.2) is 16.7 Å². The molecule has 0 aromatic carbocycles. The standard InChI is InChI=1S/C13H19BrN2O2/c1-6-16(5)11-8-9(7-10(14)15-11)12(17)18-13(2,3)4/h7-8H,6H2,1-5H3. The van der Waals surface area contributed by atoms with E-state index in [0.717, 1.165) is 12.4 Å². The van der Waals surface area contributed by atoms with Crippen LogP contribution >= 0.6 is 15.9 Å². The van der Waals surface area contributed by atoms with Crippen molar-refractivity contribution in [2.75, 3.05) is 18.5 Å². The van der Waals surface area contributed by atoms with Crippen molar-refractivity contribution in [3.05, 3.63) is 22.3 Å². The molecule has 0 saturated carbocycles. The van der Waals surface area contributed by atoms with Gasteiger partial charge in [-0.3, -0.25) is 0 Å². The number of carbonyl (C=O) groups is 1. The van der Waals surface area contributed by atoms with Gasteiger partial charge in [-0.25, -0.2) is 9.78 Å². The van der Waals surface area contributed by atoms with Crippen molar-refractivity contribution in [3.8, 4) is 0 Å². The Balaban J connectivity index is 3.03. The van der Waals surface area contributed by atoms with E-state index >= 15 is 0 Å². The maximum absolute atomic E-state index is 12.0. The van der Waals surface area contributed by atoms with Crippen molar-refractivity contribution in [3.63, 3.8) is 0 Å². The molecule has 1 aromatic heterocycles. The first-order valence-electron chi connectivity index (χ1n) is 5.85. The highest BCUT2D eigenvalue weighted by Gasteiger charge is 2.19. The van der Waals surface area contributed by atoms with E-state index in [9.17, 15) is 4.79 Å². The van der Waals surface area contributed by atoms with Gasteiger partial charge in [-0.1, -0.05) is 0 Å². The largest absolute Gasteiger partial charge is 0.456 e. The van der Waals surface area contributed by atoms with Gasteiger partial charge in [0.05, 0.1) is 5.56 Å². The summed E-state index contributed by atoms with van der Waals surface area (Å²) < 4.78 is 5.97. The van der Waals surface area contributed by atoms with E-state index < -0.39 is 5.60 Å². The van der Waals surface area contributed by atoms with Crippen molar-refractivity contribution in [1.82, 2.24) is 4.98 Å². The summed E-state index contributed by atoms with van der Waals surface area (Å²) >= 11 is 3.31. The molecule has 100 valence electrons. The number of halogens is 1. The van der Waals surface area contributed by atoms with Crippen LogP contribution in [0.3, 0.4) is 0 Å². The fourth-order valence-corrected chi connectivity index (χ4v) is 1.72. The summed E-state index contributed by atoms with van der Waals surface area (Å²) in [5, 5.41) is 0. The fourth-order valence-electron chi connectivity index (χ4n) is 1.30. The van der Waals surface area contributed by atoms with E-state index in [1.165, 1.54) is 0 Å². The average molecular weight is 315 g/mol. The van der Waals surface area contributed by atoms with Crippen LogP contribution in [0.4, 0.5) is 5.82 Å². The van der Waals surface area contributed by atoms with Gasteiger partial charge in [-0.15, -0.1) is 0 Å². The van der Waals surface area contributed by atoms with E-state index in [1.807, 2.05) is 39.6 Å². The monoisotopic (exact) mass is 314 g/mol. The molecule has 0 bridgehead atoms. The summed E-state index contributed by atoms with van der Waals surface area (Å²) in [5.74, 6) is 0.407. The predicted octanol–water partition coefficient (Wildman–Crippen LogP) is 3.26. The molecular formula is C13H19BrN2O2. The molecule has 0 N–H and O–H groups in total. The molecule has 0 aliphatic rings. The summed E-state index contributed by atoms with van der Waals surface area (Å²) in [4.78, 5) is 18.3. The Hall–Kier alpha value is -1.10. The Kier molecular flexibility index (Phi) is 4.73. The van der Waals surface area contributed by atoms with E-state index in [0.29, 0.717) is 10.2 Å². The van der Waals surface area contributed by atoms with Crippen LogP contribution in [0.1, 0.15) is 38.1 Å². The third kappa shape index (κ3) is 4.29. The number of aromatic nitrogens is 1. The number of ether oxygens (including phenoxy) is 1. The van der Waals surface area contributed by atoms with Crippen molar-refractivity contribution in [2.45, 2.75) is 33.3 Å². The molecule has 0 saturated heterocycles. The highest BCUT2D eigenvalue weighted by molar-refractivity contribution is 9.10. The van der Waals surface area contributed by atoms with Crippen LogP contribution in [0.5, 0.6) is 0 Å². The number of nitrogens with zero attached hydrogens (tertiary/aromatic N) is 2. The summed E-state index contributed by atoms with van der Waals surface area (Å²) in [6.45, 7) is 8.38. The van der Waals surface area contributed by atoms with Gasteiger partial charge in [0.15, 0.2) is 0 Å². The zero-order valence-corrected chi connectivity index (χ0v) is 13.0. The summed E-state index contributed by atoms with van der Waals surface area (Å²) in [6, 6.07) is 3.41. The maximum Gasteiger partial charge on any atom is 0.338 e. The van der Waals surface area contributed by atoms with E-state index in [1.54, 1.807) is 12.1 Å². The molecule has 0 aliphatic carbocycles. The van der Waals surface area contributed by atoms with E-state index in [-0.39, 0.29) is 5.97 Å². The second kappa shape index (κ2) is 5.69. The second-order valence-electron chi connectivity index (χ2n) is 5.05. The van der Waals surface area contributed by atoms with Gasteiger partial charge in [0.2, 0.25) is 0 Å². The minimum Gasteiger partial charge on any atom is -0.456 e. The molecule has 18 heavy (non-hydrogen) atoms. The number of hydrogen-bond donors (Lipinski definition) is 0. The Morgan fingerprint density at radius 2 is 2.06 bits per heavy atom. The maximum atomic E-state index is 12.0. The topological polar surface area (TPSA) is 42.4 Å². The predicted molar refractivity (Wildman–Crippen MR) is 76.0 cm³/mol. The van der Waals surface area contributed by atoms with Crippen LogP contribution in [-0.4, -0.2) is 30.1 Å². The quantitative estimate of drug-likeness (QED) is 0.634. The van der Waals surface area contributed by atoms with Gasteiger partial charge >= 0.3 is 5.97 Å². The molecule has 4 nitrogen and oxygen atoms in total. The van der Waals surface area contributed by atoms with Crippen LogP contribution in [0.2, 0.25) is 0 Å². The lowest BCUT2D eigenvalue weighted by molar-refractivity contribution is 0.00693.